The van der Waals surface area contributed by atoms with E-state index in [2.05, 4.69) is 23.5 Å². The molecule has 3 aromatic carbocycles. The van der Waals surface area contributed by atoms with Crippen molar-refractivity contribution in [3.05, 3.63) is 83.4 Å². The van der Waals surface area contributed by atoms with Gasteiger partial charge in [0.2, 0.25) is 5.91 Å². The number of hydrogen-bond donors (Lipinski definition) is 1. The van der Waals surface area contributed by atoms with Crippen LogP contribution in [0.3, 0.4) is 0 Å². The van der Waals surface area contributed by atoms with Gasteiger partial charge in [-0.1, -0.05) is 54.6 Å². The number of imide groups is 1. The van der Waals surface area contributed by atoms with Crippen molar-refractivity contribution in [2.75, 3.05) is 6.54 Å². The molecule has 0 bridgehead atoms. The van der Waals surface area contributed by atoms with Gasteiger partial charge in [0.25, 0.3) is 11.8 Å². The fourth-order valence-electron chi connectivity index (χ4n) is 3.66. The van der Waals surface area contributed by atoms with Crippen LogP contribution in [0.1, 0.15) is 33.2 Å². The van der Waals surface area contributed by atoms with Crippen LogP contribution in [0, 0.1) is 0 Å². The van der Waals surface area contributed by atoms with Gasteiger partial charge in [0, 0.05) is 6.54 Å². The van der Waals surface area contributed by atoms with E-state index >= 15 is 0 Å². The van der Waals surface area contributed by atoms with Crippen molar-refractivity contribution >= 4 is 28.5 Å². The molecule has 5 nitrogen and oxygen atoms in total. The highest BCUT2D eigenvalue weighted by molar-refractivity contribution is 6.22. The third kappa shape index (κ3) is 3.05. The highest BCUT2D eigenvalue weighted by Crippen LogP contribution is 2.24. The van der Waals surface area contributed by atoms with Gasteiger partial charge >= 0.3 is 0 Å². The number of nitrogens with zero attached hydrogens (tertiary/aromatic N) is 1. The summed E-state index contributed by atoms with van der Waals surface area (Å²) in [5.74, 6) is -1.18. The van der Waals surface area contributed by atoms with Gasteiger partial charge in [-0.3, -0.25) is 19.3 Å². The second kappa shape index (κ2) is 7.27. The topological polar surface area (TPSA) is 66.5 Å². The lowest BCUT2D eigenvalue weighted by Gasteiger charge is -2.21. The number of rotatable bonds is 5. The Morgan fingerprint density at radius 1 is 0.893 bits per heavy atom. The van der Waals surface area contributed by atoms with Gasteiger partial charge in [0.05, 0.1) is 11.1 Å². The van der Waals surface area contributed by atoms with Crippen molar-refractivity contribution in [3.8, 4) is 0 Å². The Balaban J connectivity index is 1.42. The molecule has 0 fully saturated rings. The first-order chi connectivity index (χ1) is 13.6. The van der Waals surface area contributed by atoms with Crippen LogP contribution < -0.4 is 5.32 Å². The molecule has 4 rings (SSSR count). The van der Waals surface area contributed by atoms with Gasteiger partial charge in [-0.2, -0.15) is 0 Å². The van der Waals surface area contributed by atoms with Crippen LogP contribution in [0.15, 0.2) is 66.7 Å². The fourth-order valence-corrected chi connectivity index (χ4v) is 3.66. The highest BCUT2D eigenvalue weighted by atomic mass is 16.2. The smallest absolute Gasteiger partial charge is 0.262 e. The first-order valence-corrected chi connectivity index (χ1v) is 9.29. The third-order valence-electron chi connectivity index (χ3n) is 5.17. The van der Waals surface area contributed by atoms with Gasteiger partial charge in [-0.05, 0) is 41.8 Å². The van der Waals surface area contributed by atoms with Crippen molar-refractivity contribution in [1.29, 1.82) is 0 Å². The molecule has 0 aliphatic carbocycles. The molecule has 28 heavy (non-hydrogen) atoms. The number of carbonyl (C=O) groups excluding carboxylic acids is 3. The number of nitrogens with one attached hydrogen (secondary N) is 1. The Hall–Kier alpha value is -3.47. The maximum atomic E-state index is 12.6. The van der Waals surface area contributed by atoms with E-state index < -0.39 is 17.9 Å². The van der Waals surface area contributed by atoms with E-state index in [0.29, 0.717) is 24.1 Å². The lowest BCUT2D eigenvalue weighted by Crippen LogP contribution is -2.48. The van der Waals surface area contributed by atoms with E-state index in [1.807, 2.05) is 24.3 Å². The van der Waals surface area contributed by atoms with E-state index in [9.17, 15) is 14.4 Å². The van der Waals surface area contributed by atoms with E-state index in [-0.39, 0.29) is 5.91 Å². The largest absolute Gasteiger partial charge is 0.354 e. The number of hydrogen-bond acceptors (Lipinski definition) is 3. The fraction of sp³-hybridized carbons (Fsp3) is 0.174. The van der Waals surface area contributed by atoms with Crippen LogP contribution in [0.25, 0.3) is 10.8 Å². The minimum absolute atomic E-state index is 0.338. The normalized spacial score (nSPS) is 14.2. The molecule has 0 radical (unpaired) electrons. The van der Waals surface area contributed by atoms with Crippen LogP contribution >= 0.6 is 0 Å². The molecule has 1 atom stereocenters. The summed E-state index contributed by atoms with van der Waals surface area (Å²) in [6.45, 7) is 2.01. The first-order valence-electron chi connectivity index (χ1n) is 9.29. The maximum Gasteiger partial charge on any atom is 0.262 e. The first kappa shape index (κ1) is 17.9. The lowest BCUT2D eigenvalue weighted by molar-refractivity contribution is -0.124. The zero-order chi connectivity index (χ0) is 19.7. The van der Waals surface area contributed by atoms with Crippen molar-refractivity contribution < 1.29 is 14.4 Å². The summed E-state index contributed by atoms with van der Waals surface area (Å²) in [5.41, 5.74) is 1.84. The number of benzene rings is 3. The molecule has 140 valence electrons. The Bertz CT molecular complexity index is 1050. The van der Waals surface area contributed by atoms with Crippen LogP contribution in [0.4, 0.5) is 0 Å². The van der Waals surface area contributed by atoms with E-state index in [1.165, 1.54) is 0 Å². The van der Waals surface area contributed by atoms with Crippen LogP contribution in [-0.2, 0) is 11.2 Å². The molecule has 1 aliphatic rings. The van der Waals surface area contributed by atoms with Crippen molar-refractivity contribution in [1.82, 2.24) is 10.2 Å². The molecule has 0 saturated carbocycles. The van der Waals surface area contributed by atoms with Crippen molar-refractivity contribution in [2.24, 2.45) is 0 Å². The molecule has 0 aromatic heterocycles. The average Bonchev–Trinajstić information content (AvgIpc) is 2.98. The van der Waals surface area contributed by atoms with Gasteiger partial charge in [0.1, 0.15) is 6.04 Å². The monoisotopic (exact) mass is 372 g/mol. The Labute approximate surface area is 163 Å². The highest BCUT2D eigenvalue weighted by Gasteiger charge is 2.40. The quantitative estimate of drug-likeness (QED) is 0.700. The molecule has 1 aliphatic heterocycles. The van der Waals surface area contributed by atoms with E-state index in [4.69, 9.17) is 0 Å². The number of fused-ring (bicyclic) bond motifs is 2. The van der Waals surface area contributed by atoms with Gasteiger partial charge in [-0.15, -0.1) is 0 Å². The van der Waals surface area contributed by atoms with E-state index in [0.717, 1.165) is 21.2 Å². The molecule has 3 amide bonds. The van der Waals surface area contributed by atoms with Crippen LogP contribution in [-0.4, -0.2) is 35.2 Å². The summed E-state index contributed by atoms with van der Waals surface area (Å²) >= 11 is 0. The summed E-state index contributed by atoms with van der Waals surface area (Å²) in [5, 5.41) is 5.17. The van der Waals surface area contributed by atoms with Crippen molar-refractivity contribution in [3.63, 3.8) is 0 Å². The summed E-state index contributed by atoms with van der Waals surface area (Å²) in [6, 6.07) is 20.0. The molecule has 1 N–H and O–H groups in total. The Kier molecular flexibility index (Phi) is 4.65. The van der Waals surface area contributed by atoms with E-state index in [1.54, 1.807) is 31.2 Å². The third-order valence-corrected chi connectivity index (χ3v) is 5.17. The maximum absolute atomic E-state index is 12.6. The summed E-state index contributed by atoms with van der Waals surface area (Å²) < 4.78 is 0. The summed E-state index contributed by atoms with van der Waals surface area (Å²) in [7, 11) is 0. The molecule has 1 heterocycles. The predicted molar refractivity (Wildman–Crippen MR) is 107 cm³/mol. The Morgan fingerprint density at radius 2 is 1.50 bits per heavy atom. The molecule has 0 saturated heterocycles. The SMILES string of the molecule is C[C@H](C(=O)NCCc1cccc2ccccc12)N1C(=O)c2ccccc2C1=O. The van der Waals surface area contributed by atoms with Crippen molar-refractivity contribution in [2.45, 2.75) is 19.4 Å². The zero-order valence-electron chi connectivity index (χ0n) is 15.5. The molecule has 5 heteroatoms. The standard InChI is InChI=1S/C23H20N2O3/c1-15(25-22(27)19-11-4-5-12-20(19)23(25)28)21(26)24-14-13-17-9-6-8-16-7-2-3-10-18(16)17/h2-12,15H,13-14H2,1H3,(H,24,26)/t15-/m1/s1. The van der Waals surface area contributed by atoms with Crippen LogP contribution in [0.5, 0.6) is 0 Å². The second-order valence-corrected chi connectivity index (χ2v) is 6.88. The van der Waals surface area contributed by atoms with Gasteiger partial charge in [0.15, 0.2) is 0 Å². The van der Waals surface area contributed by atoms with Gasteiger partial charge < -0.3 is 5.32 Å². The lowest BCUT2D eigenvalue weighted by atomic mass is 10.0. The molecule has 0 unspecified atom stereocenters. The van der Waals surface area contributed by atoms with Crippen LogP contribution in [0.2, 0.25) is 0 Å². The summed E-state index contributed by atoms with van der Waals surface area (Å²) in [4.78, 5) is 38.6. The molecular weight excluding hydrogens is 352 g/mol. The number of amides is 3. The second-order valence-electron chi connectivity index (χ2n) is 6.88. The molecular formula is C23H20N2O3. The summed E-state index contributed by atoms with van der Waals surface area (Å²) in [6.07, 6.45) is 0.669. The average molecular weight is 372 g/mol. The minimum Gasteiger partial charge on any atom is -0.354 e. The molecule has 3 aromatic rings. The Morgan fingerprint density at radius 3 is 2.21 bits per heavy atom. The predicted octanol–water partition coefficient (Wildman–Crippen LogP) is 3.18. The molecule has 0 spiro atoms. The minimum atomic E-state index is -0.861. The van der Waals surface area contributed by atoms with Gasteiger partial charge in [-0.25, -0.2) is 0 Å². The zero-order valence-corrected chi connectivity index (χ0v) is 15.5. The number of carbonyl (C=O) groups is 3.